The van der Waals surface area contributed by atoms with E-state index in [1.54, 1.807) is 37.3 Å². The number of ether oxygens (including phenoxy) is 2. The van der Waals surface area contributed by atoms with Gasteiger partial charge >= 0.3 is 12.0 Å². The Hall–Kier alpha value is -3.72. The lowest BCUT2D eigenvalue weighted by atomic mass is 9.94. The Balaban J connectivity index is 2.08. The molecule has 1 aliphatic rings. The van der Waals surface area contributed by atoms with Crippen LogP contribution in [0.4, 0.5) is 16.2 Å². The Kier molecular flexibility index (Phi) is 6.43. The van der Waals surface area contributed by atoms with E-state index in [0.717, 1.165) is 0 Å². The minimum atomic E-state index is -0.896. The van der Waals surface area contributed by atoms with Crippen molar-refractivity contribution in [1.29, 1.82) is 0 Å². The molecule has 1 atom stereocenters. The van der Waals surface area contributed by atoms with Crippen molar-refractivity contribution in [2.75, 3.05) is 25.2 Å². The van der Waals surface area contributed by atoms with Crippen LogP contribution in [0.3, 0.4) is 0 Å². The highest BCUT2D eigenvalue weighted by Gasteiger charge is 2.37. The number of carbonyl (C=O) groups is 2. The number of methoxy groups -OCH3 is 1. The number of nitro benzene ring substituents is 1. The summed E-state index contributed by atoms with van der Waals surface area (Å²) in [6, 6.07) is 13.3. The summed E-state index contributed by atoms with van der Waals surface area (Å²) >= 11 is 0. The number of nitrogens with one attached hydrogen (secondary N) is 1. The van der Waals surface area contributed by atoms with Crippen LogP contribution in [0.25, 0.3) is 0 Å². The van der Waals surface area contributed by atoms with Gasteiger partial charge in [-0.25, -0.2) is 9.59 Å². The number of nitro groups is 1. The van der Waals surface area contributed by atoms with Crippen molar-refractivity contribution < 1.29 is 24.0 Å². The van der Waals surface area contributed by atoms with Crippen LogP contribution in [0, 0.1) is 10.1 Å². The standard InChI is InChI=1S/C21H21N3O6/c1-14-18(20(25)30-12-11-29-2)19(15-7-6-10-17(13-15)24(27)28)22-21(26)23(14)16-8-4-3-5-9-16/h3-10,13,19H,11-12H2,1-2H3,(H,22,26)/t19-/m1/s1. The van der Waals surface area contributed by atoms with E-state index in [4.69, 9.17) is 9.47 Å². The van der Waals surface area contributed by atoms with Crippen molar-refractivity contribution >= 4 is 23.4 Å². The summed E-state index contributed by atoms with van der Waals surface area (Å²) < 4.78 is 10.2. The van der Waals surface area contributed by atoms with E-state index in [2.05, 4.69) is 5.32 Å². The van der Waals surface area contributed by atoms with Gasteiger partial charge in [0, 0.05) is 24.9 Å². The first-order valence-corrected chi connectivity index (χ1v) is 9.21. The van der Waals surface area contributed by atoms with Gasteiger partial charge in [0.25, 0.3) is 5.69 Å². The Labute approximate surface area is 173 Å². The third kappa shape index (κ3) is 4.31. The number of benzene rings is 2. The lowest BCUT2D eigenvalue weighted by molar-refractivity contribution is -0.384. The second kappa shape index (κ2) is 9.19. The molecule has 0 saturated carbocycles. The van der Waals surface area contributed by atoms with Gasteiger partial charge in [-0.1, -0.05) is 30.3 Å². The van der Waals surface area contributed by atoms with E-state index in [-0.39, 0.29) is 24.5 Å². The zero-order chi connectivity index (χ0) is 21.7. The third-order valence-electron chi connectivity index (χ3n) is 4.65. The minimum Gasteiger partial charge on any atom is -0.460 e. The molecule has 0 saturated heterocycles. The molecule has 1 N–H and O–H groups in total. The van der Waals surface area contributed by atoms with E-state index in [0.29, 0.717) is 16.9 Å². The van der Waals surface area contributed by atoms with Crippen molar-refractivity contribution in [1.82, 2.24) is 5.32 Å². The number of esters is 1. The average Bonchev–Trinajstić information content (AvgIpc) is 2.74. The summed E-state index contributed by atoms with van der Waals surface area (Å²) in [6.45, 7) is 1.89. The number of hydrogen-bond acceptors (Lipinski definition) is 6. The molecule has 0 aromatic heterocycles. The van der Waals surface area contributed by atoms with E-state index in [9.17, 15) is 19.7 Å². The smallest absolute Gasteiger partial charge is 0.338 e. The Morgan fingerprint density at radius 3 is 2.57 bits per heavy atom. The van der Waals surface area contributed by atoms with E-state index in [1.165, 1.54) is 30.2 Å². The van der Waals surface area contributed by atoms with Gasteiger partial charge < -0.3 is 14.8 Å². The fourth-order valence-corrected chi connectivity index (χ4v) is 3.26. The molecule has 9 nitrogen and oxygen atoms in total. The summed E-state index contributed by atoms with van der Waals surface area (Å²) in [5.74, 6) is -0.637. The minimum absolute atomic E-state index is 0.0348. The molecule has 9 heteroatoms. The molecule has 0 aliphatic carbocycles. The van der Waals surface area contributed by atoms with Gasteiger partial charge in [0.1, 0.15) is 6.61 Å². The molecule has 156 valence electrons. The molecule has 3 rings (SSSR count). The molecule has 1 heterocycles. The monoisotopic (exact) mass is 411 g/mol. The number of rotatable bonds is 7. The van der Waals surface area contributed by atoms with Gasteiger partial charge in [-0.2, -0.15) is 0 Å². The van der Waals surface area contributed by atoms with Crippen LogP contribution in [0.1, 0.15) is 18.5 Å². The fraction of sp³-hybridized carbons (Fsp3) is 0.238. The number of para-hydroxylation sites is 1. The first-order chi connectivity index (χ1) is 14.4. The van der Waals surface area contributed by atoms with Gasteiger partial charge in [-0.15, -0.1) is 0 Å². The fourth-order valence-electron chi connectivity index (χ4n) is 3.26. The van der Waals surface area contributed by atoms with Gasteiger partial charge in [-0.05, 0) is 24.6 Å². The van der Waals surface area contributed by atoms with Crippen LogP contribution >= 0.6 is 0 Å². The molecule has 0 fully saturated rings. The second-order valence-electron chi connectivity index (χ2n) is 6.53. The predicted octanol–water partition coefficient (Wildman–Crippen LogP) is 3.33. The Bertz CT molecular complexity index is 989. The molecule has 0 unspecified atom stereocenters. The quantitative estimate of drug-likeness (QED) is 0.324. The second-order valence-corrected chi connectivity index (χ2v) is 6.53. The molecular weight excluding hydrogens is 390 g/mol. The highest BCUT2D eigenvalue weighted by molar-refractivity contribution is 6.03. The van der Waals surface area contributed by atoms with Crippen molar-refractivity contribution in [3.8, 4) is 0 Å². The van der Waals surface area contributed by atoms with Crippen molar-refractivity contribution in [2.24, 2.45) is 0 Å². The largest absolute Gasteiger partial charge is 0.460 e. The summed E-state index contributed by atoms with van der Waals surface area (Å²) in [6.07, 6.45) is 0. The van der Waals surface area contributed by atoms with Crippen LogP contribution in [0.15, 0.2) is 65.9 Å². The number of anilines is 1. The molecular formula is C21H21N3O6. The van der Waals surface area contributed by atoms with Crippen LogP contribution in [-0.2, 0) is 14.3 Å². The molecule has 30 heavy (non-hydrogen) atoms. The van der Waals surface area contributed by atoms with Crippen LogP contribution in [-0.4, -0.2) is 37.2 Å². The van der Waals surface area contributed by atoms with E-state index >= 15 is 0 Å². The van der Waals surface area contributed by atoms with Gasteiger partial charge in [0.2, 0.25) is 0 Å². The molecule has 2 amide bonds. The lowest BCUT2D eigenvalue weighted by Crippen LogP contribution is -2.48. The maximum absolute atomic E-state index is 12.9. The highest BCUT2D eigenvalue weighted by Crippen LogP contribution is 2.34. The van der Waals surface area contributed by atoms with E-state index < -0.39 is 23.0 Å². The van der Waals surface area contributed by atoms with Gasteiger partial charge in [0.15, 0.2) is 0 Å². The number of allylic oxidation sites excluding steroid dienone is 1. The van der Waals surface area contributed by atoms with Crippen LogP contribution in [0.2, 0.25) is 0 Å². The maximum Gasteiger partial charge on any atom is 0.338 e. The van der Waals surface area contributed by atoms with Gasteiger partial charge in [-0.3, -0.25) is 15.0 Å². The Morgan fingerprint density at radius 1 is 1.17 bits per heavy atom. The first-order valence-electron chi connectivity index (χ1n) is 9.21. The maximum atomic E-state index is 12.9. The summed E-state index contributed by atoms with van der Waals surface area (Å²) in [4.78, 5) is 37.9. The van der Waals surface area contributed by atoms with Crippen molar-refractivity contribution in [2.45, 2.75) is 13.0 Å². The Morgan fingerprint density at radius 2 is 1.90 bits per heavy atom. The summed E-state index contributed by atoms with van der Waals surface area (Å²) in [5.41, 5.74) is 1.41. The number of amides is 2. The number of nitrogens with zero attached hydrogens (tertiary/aromatic N) is 2. The SMILES string of the molecule is COCCOC(=O)C1=C(C)N(c2ccccc2)C(=O)N[C@@H]1c1cccc([N+](=O)[O-])c1. The van der Waals surface area contributed by atoms with Gasteiger partial charge in [0.05, 0.1) is 28.8 Å². The highest BCUT2D eigenvalue weighted by atomic mass is 16.6. The topological polar surface area (TPSA) is 111 Å². The van der Waals surface area contributed by atoms with Crippen LogP contribution in [0.5, 0.6) is 0 Å². The number of non-ortho nitro benzene ring substituents is 1. The predicted molar refractivity (Wildman–Crippen MR) is 109 cm³/mol. The number of hydrogen-bond donors (Lipinski definition) is 1. The number of urea groups is 1. The molecule has 2 aromatic rings. The molecule has 0 spiro atoms. The van der Waals surface area contributed by atoms with E-state index in [1.807, 2.05) is 6.07 Å². The normalized spacial score (nSPS) is 16.3. The van der Waals surface area contributed by atoms with Crippen molar-refractivity contribution in [3.63, 3.8) is 0 Å². The molecule has 0 bridgehead atoms. The zero-order valence-corrected chi connectivity index (χ0v) is 16.5. The number of carbonyl (C=O) groups excluding carboxylic acids is 2. The first kappa shape index (κ1) is 21.0. The summed E-state index contributed by atoms with van der Waals surface area (Å²) in [5, 5.41) is 14.0. The third-order valence-corrected chi connectivity index (χ3v) is 4.65. The molecule has 2 aromatic carbocycles. The summed E-state index contributed by atoms with van der Waals surface area (Å²) in [7, 11) is 1.49. The zero-order valence-electron chi connectivity index (χ0n) is 16.5. The molecule has 1 aliphatic heterocycles. The lowest BCUT2D eigenvalue weighted by Gasteiger charge is -2.35. The molecule has 0 radical (unpaired) electrons. The van der Waals surface area contributed by atoms with Crippen molar-refractivity contribution in [3.05, 3.63) is 81.5 Å². The van der Waals surface area contributed by atoms with Crippen LogP contribution < -0.4 is 10.2 Å². The average molecular weight is 411 g/mol.